The zero-order valence-corrected chi connectivity index (χ0v) is 16.3. The molecule has 2 heterocycles. The summed E-state index contributed by atoms with van der Waals surface area (Å²) in [4.78, 5) is 14.7. The van der Waals surface area contributed by atoms with Crippen LogP contribution in [0.2, 0.25) is 0 Å². The smallest absolute Gasteiger partial charge is 0.337 e. The Balaban J connectivity index is 1.55. The van der Waals surface area contributed by atoms with Gasteiger partial charge in [0.25, 0.3) is 5.91 Å². The van der Waals surface area contributed by atoms with Crippen molar-refractivity contribution in [1.29, 1.82) is 5.26 Å². The number of aromatic nitrogens is 2. The van der Waals surface area contributed by atoms with Gasteiger partial charge in [0.05, 0.1) is 22.7 Å². The van der Waals surface area contributed by atoms with Crippen LogP contribution in [0.15, 0.2) is 42.5 Å². The Bertz CT molecular complexity index is 1150. The number of hydrogen-bond acceptors (Lipinski definition) is 3. The van der Waals surface area contributed by atoms with Crippen molar-refractivity contribution in [3.63, 3.8) is 0 Å². The Morgan fingerprint density at radius 1 is 1.17 bits per heavy atom. The van der Waals surface area contributed by atoms with Crippen molar-refractivity contribution < 1.29 is 18.0 Å². The average Bonchev–Trinajstić information content (AvgIpc) is 3.08. The van der Waals surface area contributed by atoms with E-state index in [1.807, 2.05) is 0 Å². The number of carbonyl (C=O) groups excluding carboxylic acids is 1. The minimum Gasteiger partial charge on any atom is -0.337 e. The molecule has 5 nitrogen and oxygen atoms in total. The van der Waals surface area contributed by atoms with Crippen molar-refractivity contribution in [3.05, 3.63) is 64.8 Å². The van der Waals surface area contributed by atoms with Gasteiger partial charge in [0.15, 0.2) is 5.69 Å². The van der Waals surface area contributed by atoms with E-state index >= 15 is 0 Å². The Kier molecular flexibility index (Phi) is 4.98. The van der Waals surface area contributed by atoms with Crippen molar-refractivity contribution in [3.8, 4) is 6.07 Å². The van der Waals surface area contributed by atoms with Crippen molar-refractivity contribution in [2.24, 2.45) is 7.05 Å². The second-order valence-corrected chi connectivity index (χ2v) is 7.47. The first-order valence-electron chi connectivity index (χ1n) is 9.62. The van der Waals surface area contributed by atoms with E-state index in [-0.39, 0.29) is 17.5 Å². The van der Waals surface area contributed by atoms with E-state index in [4.69, 9.17) is 5.26 Å². The molecule has 0 aliphatic carbocycles. The molecular formula is C22H19F3N4O. The van der Waals surface area contributed by atoms with Crippen LogP contribution in [0.1, 0.15) is 45.9 Å². The predicted octanol–water partition coefficient (Wildman–Crippen LogP) is 4.48. The number of halogens is 3. The average molecular weight is 412 g/mol. The van der Waals surface area contributed by atoms with Crippen LogP contribution in [0.3, 0.4) is 0 Å². The van der Waals surface area contributed by atoms with Crippen LogP contribution in [0.5, 0.6) is 0 Å². The third-order valence-electron chi connectivity index (χ3n) is 5.67. The standard InChI is InChI=1S/C22H19F3N4O/c1-28-19-7-6-14(13-26)12-17(19)20(27-28)21(30)29-10-8-15(9-11-29)16-4-2-3-5-18(16)22(23,24)25/h2-7,12,15H,8-11H2,1H3. The number of aryl methyl sites for hydroxylation is 1. The Hall–Kier alpha value is -3.34. The Morgan fingerprint density at radius 3 is 2.53 bits per heavy atom. The minimum absolute atomic E-state index is 0.252. The molecule has 154 valence electrons. The molecule has 0 bridgehead atoms. The lowest BCUT2D eigenvalue weighted by atomic mass is 9.86. The zero-order valence-electron chi connectivity index (χ0n) is 16.3. The quantitative estimate of drug-likeness (QED) is 0.623. The van der Waals surface area contributed by atoms with Gasteiger partial charge in [0.2, 0.25) is 0 Å². The molecule has 1 aromatic heterocycles. The van der Waals surface area contributed by atoms with Gasteiger partial charge < -0.3 is 4.90 Å². The fourth-order valence-corrected chi connectivity index (χ4v) is 4.15. The summed E-state index contributed by atoms with van der Waals surface area (Å²) in [5.74, 6) is -0.518. The van der Waals surface area contributed by atoms with Gasteiger partial charge in [-0.15, -0.1) is 0 Å². The maximum Gasteiger partial charge on any atom is 0.416 e. The fourth-order valence-electron chi connectivity index (χ4n) is 4.15. The van der Waals surface area contributed by atoms with E-state index in [1.165, 1.54) is 12.1 Å². The molecule has 4 rings (SSSR count). The first-order valence-corrected chi connectivity index (χ1v) is 9.62. The highest BCUT2D eigenvalue weighted by Crippen LogP contribution is 2.38. The maximum atomic E-state index is 13.3. The van der Waals surface area contributed by atoms with Crippen molar-refractivity contribution in [1.82, 2.24) is 14.7 Å². The van der Waals surface area contributed by atoms with Crippen molar-refractivity contribution >= 4 is 16.8 Å². The summed E-state index contributed by atoms with van der Waals surface area (Å²) in [5.41, 5.74) is 1.13. The largest absolute Gasteiger partial charge is 0.416 e. The highest BCUT2D eigenvalue weighted by atomic mass is 19.4. The molecule has 1 aliphatic rings. The molecule has 1 amide bonds. The number of amides is 1. The molecule has 0 atom stereocenters. The van der Waals surface area contributed by atoms with Crippen LogP contribution >= 0.6 is 0 Å². The molecular weight excluding hydrogens is 393 g/mol. The first-order chi connectivity index (χ1) is 14.3. The number of piperidine rings is 1. The summed E-state index contributed by atoms with van der Waals surface area (Å²) in [5, 5.41) is 14.1. The number of carbonyl (C=O) groups is 1. The van der Waals surface area contributed by atoms with Crippen LogP contribution in [-0.2, 0) is 13.2 Å². The van der Waals surface area contributed by atoms with E-state index in [9.17, 15) is 18.0 Å². The van der Waals surface area contributed by atoms with Crippen LogP contribution < -0.4 is 0 Å². The second kappa shape index (κ2) is 7.48. The summed E-state index contributed by atoms with van der Waals surface area (Å²) in [6.45, 7) is 0.706. The molecule has 0 radical (unpaired) electrons. The molecule has 3 aromatic rings. The van der Waals surface area contributed by atoms with Gasteiger partial charge in [-0.3, -0.25) is 9.48 Å². The Morgan fingerprint density at radius 2 is 1.87 bits per heavy atom. The van der Waals surface area contributed by atoms with Gasteiger partial charge >= 0.3 is 6.18 Å². The highest BCUT2D eigenvalue weighted by molar-refractivity contribution is 6.05. The SMILES string of the molecule is Cn1nc(C(=O)N2CCC(c3ccccc3C(F)(F)F)CC2)c2cc(C#N)ccc21. The third-order valence-corrected chi connectivity index (χ3v) is 5.67. The fraction of sp³-hybridized carbons (Fsp3) is 0.318. The molecule has 1 fully saturated rings. The number of likely N-dealkylation sites (tertiary alicyclic amines) is 1. The Labute approximate surface area is 171 Å². The lowest BCUT2D eigenvalue weighted by Gasteiger charge is -2.33. The molecule has 8 heteroatoms. The third kappa shape index (κ3) is 3.52. The summed E-state index contributed by atoms with van der Waals surface area (Å²) >= 11 is 0. The zero-order chi connectivity index (χ0) is 21.5. The van der Waals surface area contributed by atoms with Crippen LogP contribution in [0.25, 0.3) is 10.9 Å². The summed E-state index contributed by atoms with van der Waals surface area (Å²) in [6.07, 6.45) is -3.49. The molecule has 0 unspecified atom stereocenters. The monoisotopic (exact) mass is 412 g/mol. The van der Waals surface area contributed by atoms with E-state index < -0.39 is 11.7 Å². The maximum absolute atomic E-state index is 13.3. The number of hydrogen-bond donors (Lipinski definition) is 0. The van der Waals surface area contributed by atoms with Gasteiger partial charge in [0.1, 0.15) is 0 Å². The molecule has 2 aromatic carbocycles. The number of fused-ring (bicyclic) bond motifs is 1. The van der Waals surface area contributed by atoms with E-state index in [0.29, 0.717) is 42.4 Å². The lowest BCUT2D eigenvalue weighted by Crippen LogP contribution is -2.38. The summed E-state index contributed by atoms with van der Waals surface area (Å²) in [7, 11) is 1.73. The first kappa shape index (κ1) is 20.0. The molecule has 1 aliphatic heterocycles. The van der Waals surface area contributed by atoms with Crippen LogP contribution in [-0.4, -0.2) is 33.7 Å². The summed E-state index contributed by atoms with van der Waals surface area (Å²) < 4.78 is 41.6. The molecule has 0 N–H and O–H groups in total. The van der Waals surface area contributed by atoms with Crippen molar-refractivity contribution in [2.45, 2.75) is 24.9 Å². The van der Waals surface area contributed by atoms with Crippen LogP contribution in [0.4, 0.5) is 13.2 Å². The van der Waals surface area contributed by atoms with Gasteiger partial charge in [-0.05, 0) is 48.6 Å². The molecule has 0 spiro atoms. The number of nitrogens with zero attached hydrogens (tertiary/aromatic N) is 4. The van der Waals surface area contributed by atoms with E-state index in [2.05, 4.69) is 11.2 Å². The van der Waals surface area contributed by atoms with Crippen molar-refractivity contribution in [2.75, 3.05) is 13.1 Å². The van der Waals surface area contributed by atoms with Gasteiger partial charge in [-0.2, -0.15) is 23.5 Å². The molecule has 1 saturated heterocycles. The van der Waals surface area contributed by atoms with Gasteiger partial charge in [0, 0.05) is 25.5 Å². The number of alkyl halides is 3. The van der Waals surface area contributed by atoms with Gasteiger partial charge in [-0.1, -0.05) is 18.2 Å². The highest BCUT2D eigenvalue weighted by Gasteiger charge is 2.36. The number of rotatable bonds is 2. The second-order valence-electron chi connectivity index (χ2n) is 7.47. The molecule has 30 heavy (non-hydrogen) atoms. The lowest BCUT2D eigenvalue weighted by molar-refractivity contribution is -0.138. The normalized spacial score (nSPS) is 15.4. The van der Waals surface area contributed by atoms with Gasteiger partial charge in [-0.25, -0.2) is 0 Å². The topological polar surface area (TPSA) is 61.9 Å². The predicted molar refractivity (Wildman–Crippen MR) is 105 cm³/mol. The summed E-state index contributed by atoms with van der Waals surface area (Å²) in [6, 6.07) is 12.8. The molecule has 0 saturated carbocycles. The number of nitriles is 1. The van der Waals surface area contributed by atoms with E-state index in [1.54, 1.807) is 40.9 Å². The minimum atomic E-state index is -4.39. The van der Waals surface area contributed by atoms with E-state index in [0.717, 1.165) is 11.6 Å². The van der Waals surface area contributed by atoms with Crippen LogP contribution in [0, 0.1) is 11.3 Å². The number of benzene rings is 2.